The minimum atomic E-state index is -1.53. The highest BCUT2D eigenvalue weighted by molar-refractivity contribution is 5.88. The van der Waals surface area contributed by atoms with Crippen LogP contribution in [0, 0.1) is 0 Å². The van der Waals surface area contributed by atoms with E-state index in [2.05, 4.69) is 0 Å². The molecule has 1 fully saturated rings. The van der Waals surface area contributed by atoms with Crippen LogP contribution in [0.5, 0.6) is 0 Å². The molecule has 1 aliphatic rings. The first-order valence-corrected chi connectivity index (χ1v) is 9.96. The monoisotopic (exact) mass is 401 g/mol. The Labute approximate surface area is 175 Å². The van der Waals surface area contributed by atoms with Gasteiger partial charge in [-0.05, 0) is 28.7 Å². The number of cyclic esters (lactones) is 1. The summed E-state index contributed by atoms with van der Waals surface area (Å²) in [5.74, 6) is -0.431. The van der Waals surface area contributed by atoms with Gasteiger partial charge in [0.15, 0.2) is 12.0 Å². The smallest absolute Gasteiger partial charge is 0.412 e. The summed E-state index contributed by atoms with van der Waals surface area (Å²) in [6.07, 6.45) is -1.63. The molecule has 0 aliphatic carbocycles. The average molecular weight is 401 g/mol. The highest BCUT2D eigenvalue weighted by atomic mass is 16.6. The van der Waals surface area contributed by atoms with Crippen molar-refractivity contribution in [3.63, 3.8) is 0 Å². The maximum Gasteiger partial charge on any atom is 0.412 e. The van der Waals surface area contributed by atoms with Gasteiger partial charge in [-0.2, -0.15) is 0 Å². The Morgan fingerprint density at radius 3 is 2.17 bits per heavy atom. The molecule has 0 spiro atoms. The van der Waals surface area contributed by atoms with Gasteiger partial charge in [0.25, 0.3) is 0 Å². The van der Waals surface area contributed by atoms with E-state index in [1.54, 1.807) is 0 Å². The number of rotatable bonds is 7. The van der Waals surface area contributed by atoms with Crippen molar-refractivity contribution in [1.82, 2.24) is 4.90 Å². The Kier molecular flexibility index (Phi) is 5.91. The molecule has 0 saturated carbocycles. The van der Waals surface area contributed by atoms with E-state index in [1.807, 2.05) is 84.9 Å². The molecule has 4 rings (SSSR count). The molecule has 1 unspecified atom stereocenters. The molecular weight excluding hydrogens is 378 g/mol. The number of carbonyl (C=O) groups excluding carboxylic acids is 2. The number of benzene rings is 3. The Morgan fingerprint density at radius 2 is 1.50 bits per heavy atom. The van der Waals surface area contributed by atoms with Gasteiger partial charge in [0.2, 0.25) is 0 Å². The van der Waals surface area contributed by atoms with Gasteiger partial charge in [-0.15, -0.1) is 0 Å². The third-order valence-corrected chi connectivity index (χ3v) is 5.31. The summed E-state index contributed by atoms with van der Waals surface area (Å²) < 4.78 is 5.11. The Morgan fingerprint density at radius 1 is 0.900 bits per heavy atom. The van der Waals surface area contributed by atoms with E-state index < -0.39 is 18.1 Å². The summed E-state index contributed by atoms with van der Waals surface area (Å²) in [6, 6.07) is 26.9. The van der Waals surface area contributed by atoms with Crippen LogP contribution in [0.4, 0.5) is 4.79 Å². The van der Waals surface area contributed by atoms with Crippen molar-refractivity contribution in [2.24, 2.45) is 0 Å². The van der Waals surface area contributed by atoms with E-state index in [4.69, 9.17) is 4.74 Å². The quantitative estimate of drug-likeness (QED) is 0.653. The standard InChI is InChI=1S/C25H23NO4/c27-23(16-19-11-13-21(14-12-19)20-9-5-2-6-10-20)24(28)26-22(17-30-25(26)29)15-18-7-3-1-4-8-18/h1-14,22,24,28H,15-17H2/t22-,24?/m0/s1. The zero-order valence-electron chi connectivity index (χ0n) is 16.5. The van der Waals surface area contributed by atoms with E-state index >= 15 is 0 Å². The van der Waals surface area contributed by atoms with Crippen molar-refractivity contribution >= 4 is 11.9 Å². The first kappa shape index (κ1) is 19.9. The number of Topliss-reactive ketones (excluding diaryl/α,β-unsaturated/α-hetero) is 1. The minimum Gasteiger partial charge on any atom is -0.447 e. The van der Waals surface area contributed by atoms with Crippen LogP contribution >= 0.6 is 0 Å². The molecule has 0 bridgehead atoms. The number of ketones is 1. The summed E-state index contributed by atoms with van der Waals surface area (Å²) in [4.78, 5) is 26.0. The van der Waals surface area contributed by atoms with E-state index in [0.717, 1.165) is 27.2 Å². The zero-order valence-corrected chi connectivity index (χ0v) is 16.5. The number of ether oxygens (including phenoxy) is 1. The van der Waals surface area contributed by atoms with Crippen LogP contribution in [0.15, 0.2) is 84.9 Å². The minimum absolute atomic E-state index is 0.0398. The number of hydrogen-bond donors (Lipinski definition) is 1. The molecule has 3 aromatic rings. The number of aliphatic hydroxyl groups excluding tert-OH is 1. The molecule has 1 amide bonds. The van der Waals surface area contributed by atoms with Crippen LogP contribution in [-0.2, 0) is 22.4 Å². The summed E-state index contributed by atoms with van der Waals surface area (Å²) in [6.45, 7) is 0.157. The van der Waals surface area contributed by atoms with Gasteiger partial charge in [0, 0.05) is 6.42 Å². The lowest BCUT2D eigenvalue weighted by molar-refractivity contribution is -0.134. The second-order valence-electron chi connectivity index (χ2n) is 7.41. The van der Waals surface area contributed by atoms with Gasteiger partial charge in [0.05, 0.1) is 6.04 Å². The zero-order chi connectivity index (χ0) is 20.9. The first-order chi connectivity index (χ1) is 14.6. The Bertz CT molecular complexity index is 1000. The topological polar surface area (TPSA) is 66.8 Å². The summed E-state index contributed by atoms with van der Waals surface area (Å²) in [5, 5.41) is 10.6. The molecule has 5 heteroatoms. The molecule has 152 valence electrons. The lowest BCUT2D eigenvalue weighted by atomic mass is 10.0. The number of aliphatic hydroxyl groups is 1. The van der Waals surface area contributed by atoms with Gasteiger partial charge >= 0.3 is 6.09 Å². The number of nitrogens with zero attached hydrogens (tertiary/aromatic N) is 1. The van der Waals surface area contributed by atoms with Crippen molar-refractivity contribution in [2.75, 3.05) is 6.61 Å². The molecule has 30 heavy (non-hydrogen) atoms. The van der Waals surface area contributed by atoms with Crippen LogP contribution in [-0.4, -0.2) is 40.8 Å². The Balaban J connectivity index is 1.42. The van der Waals surface area contributed by atoms with Crippen LogP contribution < -0.4 is 0 Å². The fraction of sp³-hybridized carbons (Fsp3) is 0.200. The fourth-order valence-electron chi connectivity index (χ4n) is 3.71. The molecule has 1 aliphatic heterocycles. The number of hydrogen-bond acceptors (Lipinski definition) is 4. The summed E-state index contributed by atoms with van der Waals surface area (Å²) in [7, 11) is 0. The van der Waals surface area contributed by atoms with Crippen LogP contribution in [0.1, 0.15) is 11.1 Å². The van der Waals surface area contributed by atoms with Crippen molar-refractivity contribution in [3.8, 4) is 11.1 Å². The van der Waals surface area contributed by atoms with Crippen molar-refractivity contribution in [3.05, 3.63) is 96.1 Å². The van der Waals surface area contributed by atoms with Crippen LogP contribution in [0.3, 0.4) is 0 Å². The van der Waals surface area contributed by atoms with Gasteiger partial charge in [-0.1, -0.05) is 84.9 Å². The SMILES string of the molecule is O=C(Cc1ccc(-c2ccccc2)cc1)C(O)N1C(=O)OC[C@@H]1Cc1ccccc1. The fourth-order valence-corrected chi connectivity index (χ4v) is 3.71. The largest absolute Gasteiger partial charge is 0.447 e. The third kappa shape index (κ3) is 4.42. The lowest BCUT2D eigenvalue weighted by Crippen LogP contribution is -2.47. The summed E-state index contributed by atoms with van der Waals surface area (Å²) in [5.41, 5.74) is 3.95. The Hall–Kier alpha value is -3.44. The van der Waals surface area contributed by atoms with Crippen molar-refractivity contribution < 1.29 is 19.4 Å². The summed E-state index contributed by atoms with van der Waals surface area (Å²) >= 11 is 0. The molecule has 1 heterocycles. The molecule has 0 aromatic heterocycles. The first-order valence-electron chi connectivity index (χ1n) is 9.96. The lowest BCUT2D eigenvalue weighted by Gasteiger charge is -2.26. The van der Waals surface area contributed by atoms with Crippen LogP contribution in [0.25, 0.3) is 11.1 Å². The van der Waals surface area contributed by atoms with Gasteiger partial charge in [0.1, 0.15) is 6.61 Å². The van der Waals surface area contributed by atoms with Crippen molar-refractivity contribution in [2.45, 2.75) is 25.1 Å². The highest BCUT2D eigenvalue weighted by Gasteiger charge is 2.40. The molecule has 1 saturated heterocycles. The molecule has 5 nitrogen and oxygen atoms in total. The highest BCUT2D eigenvalue weighted by Crippen LogP contribution is 2.22. The van der Waals surface area contributed by atoms with Crippen molar-refractivity contribution in [1.29, 1.82) is 0 Å². The predicted octanol–water partition coefficient (Wildman–Crippen LogP) is 3.85. The molecule has 1 N–H and O–H groups in total. The maximum atomic E-state index is 12.7. The number of amides is 1. The van der Waals surface area contributed by atoms with E-state index in [1.165, 1.54) is 0 Å². The van der Waals surface area contributed by atoms with Gasteiger partial charge in [-0.3, -0.25) is 9.69 Å². The molecule has 3 aromatic carbocycles. The normalized spacial score (nSPS) is 16.9. The van der Waals surface area contributed by atoms with E-state index in [0.29, 0.717) is 6.42 Å². The maximum absolute atomic E-state index is 12.7. The van der Waals surface area contributed by atoms with Gasteiger partial charge in [-0.25, -0.2) is 4.79 Å². The van der Waals surface area contributed by atoms with E-state index in [9.17, 15) is 14.7 Å². The second-order valence-corrected chi connectivity index (χ2v) is 7.41. The second kappa shape index (κ2) is 8.93. The van der Waals surface area contributed by atoms with Gasteiger partial charge < -0.3 is 9.84 Å². The predicted molar refractivity (Wildman–Crippen MR) is 114 cm³/mol. The number of carbonyl (C=O) groups is 2. The van der Waals surface area contributed by atoms with Crippen LogP contribution in [0.2, 0.25) is 0 Å². The molecule has 2 atom stereocenters. The average Bonchev–Trinajstić information content (AvgIpc) is 3.14. The third-order valence-electron chi connectivity index (χ3n) is 5.31. The molecule has 0 radical (unpaired) electrons. The molecular formula is C25H23NO4. The van der Waals surface area contributed by atoms with E-state index in [-0.39, 0.29) is 19.1 Å².